The largest absolute Gasteiger partial charge is 0.380 e. The lowest BCUT2D eigenvalue weighted by molar-refractivity contribution is -0.436. The molecule has 76 valence electrons. The van der Waals surface area contributed by atoms with Gasteiger partial charge in [0.2, 0.25) is 0 Å². The second kappa shape index (κ2) is 3.47. The molecule has 1 N–H and O–H groups in total. The molecule has 0 aliphatic heterocycles. The molecule has 2 aliphatic carbocycles. The van der Waals surface area contributed by atoms with Crippen molar-refractivity contribution in [3.05, 3.63) is 33.0 Å². The number of hydrogen-bond donors (Lipinski definition) is 1. The van der Waals surface area contributed by atoms with E-state index in [-0.39, 0.29) is 10.5 Å². The van der Waals surface area contributed by atoms with Gasteiger partial charge in [0.15, 0.2) is 6.10 Å². The molecular formula is C9H10BrNO3. The fraction of sp³-hybridized carbons (Fsp3) is 0.556. The Balaban J connectivity index is 2.40. The third-order valence-electron chi connectivity index (χ3n) is 2.75. The van der Waals surface area contributed by atoms with Crippen molar-refractivity contribution in [2.75, 3.05) is 0 Å². The first kappa shape index (κ1) is 9.86. The van der Waals surface area contributed by atoms with Gasteiger partial charge in [-0.15, -0.1) is 0 Å². The van der Waals surface area contributed by atoms with Gasteiger partial charge in [0.1, 0.15) is 0 Å². The summed E-state index contributed by atoms with van der Waals surface area (Å²) in [4.78, 5) is 9.86. The van der Waals surface area contributed by atoms with Gasteiger partial charge < -0.3 is 5.11 Å². The normalized spacial score (nSPS) is 31.4. The zero-order valence-electron chi connectivity index (χ0n) is 7.44. The van der Waals surface area contributed by atoms with Crippen LogP contribution < -0.4 is 0 Å². The molecule has 0 radical (unpaired) electrons. The monoisotopic (exact) mass is 259 g/mol. The highest BCUT2D eigenvalue weighted by molar-refractivity contribution is 9.09. The highest BCUT2D eigenvalue weighted by atomic mass is 79.9. The molecule has 0 bridgehead atoms. The molecule has 0 heterocycles. The number of alkyl halides is 1. The van der Waals surface area contributed by atoms with Crippen LogP contribution in [0.4, 0.5) is 0 Å². The van der Waals surface area contributed by atoms with Crippen LogP contribution >= 0.6 is 15.9 Å². The van der Waals surface area contributed by atoms with E-state index >= 15 is 0 Å². The van der Waals surface area contributed by atoms with E-state index in [1.54, 1.807) is 0 Å². The third-order valence-corrected chi connectivity index (χ3v) is 3.80. The molecule has 5 heteroatoms. The van der Waals surface area contributed by atoms with Crippen LogP contribution in [0.3, 0.4) is 0 Å². The standard InChI is InChI=1S/C9H10BrNO3/c10-8-6-3-1-2-5(6)4-7(9(8)12)11(13)14/h4,8-9,12H,1-3H2. The molecule has 0 spiro atoms. The molecule has 0 aromatic rings. The van der Waals surface area contributed by atoms with Gasteiger partial charge in [-0.25, -0.2) is 0 Å². The number of rotatable bonds is 1. The van der Waals surface area contributed by atoms with E-state index in [0.29, 0.717) is 0 Å². The highest BCUT2D eigenvalue weighted by Gasteiger charge is 2.38. The quantitative estimate of drug-likeness (QED) is 0.444. The van der Waals surface area contributed by atoms with Crippen molar-refractivity contribution in [3.8, 4) is 0 Å². The summed E-state index contributed by atoms with van der Waals surface area (Å²) in [5.74, 6) is 0. The Morgan fingerprint density at radius 3 is 2.93 bits per heavy atom. The number of nitro groups is 1. The topological polar surface area (TPSA) is 63.4 Å². The molecule has 0 aromatic carbocycles. The van der Waals surface area contributed by atoms with E-state index in [9.17, 15) is 15.2 Å². The lowest BCUT2D eigenvalue weighted by Crippen LogP contribution is -2.31. The minimum absolute atomic E-state index is 0.0903. The van der Waals surface area contributed by atoms with Crippen molar-refractivity contribution in [2.45, 2.75) is 30.2 Å². The number of aliphatic hydroxyl groups excluding tert-OH is 1. The van der Waals surface area contributed by atoms with Crippen molar-refractivity contribution in [1.82, 2.24) is 0 Å². The molecule has 0 saturated heterocycles. The molecule has 2 rings (SSSR count). The Labute approximate surface area is 89.6 Å². The van der Waals surface area contributed by atoms with Gasteiger partial charge in [-0.1, -0.05) is 15.9 Å². The van der Waals surface area contributed by atoms with Crippen LogP contribution in [0, 0.1) is 10.1 Å². The van der Waals surface area contributed by atoms with Crippen molar-refractivity contribution >= 4 is 15.9 Å². The first-order chi connectivity index (χ1) is 6.61. The molecule has 4 nitrogen and oxygen atoms in total. The highest BCUT2D eigenvalue weighted by Crippen LogP contribution is 2.39. The molecule has 2 aliphatic rings. The van der Waals surface area contributed by atoms with Crippen molar-refractivity contribution in [3.63, 3.8) is 0 Å². The summed E-state index contributed by atoms with van der Waals surface area (Å²) in [6.45, 7) is 0. The Kier molecular flexibility index (Phi) is 2.45. The minimum atomic E-state index is -1.01. The Morgan fingerprint density at radius 2 is 2.29 bits per heavy atom. The first-order valence-electron chi connectivity index (χ1n) is 4.51. The van der Waals surface area contributed by atoms with E-state index in [1.165, 1.54) is 6.08 Å². The van der Waals surface area contributed by atoms with Crippen molar-refractivity contribution in [2.24, 2.45) is 0 Å². The van der Waals surface area contributed by atoms with Gasteiger partial charge in [0.25, 0.3) is 5.70 Å². The predicted molar refractivity (Wildman–Crippen MR) is 54.7 cm³/mol. The number of nitrogens with zero attached hydrogens (tertiary/aromatic N) is 1. The summed E-state index contributed by atoms with van der Waals surface area (Å²) >= 11 is 3.32. The fourth-order valence-corrected chi connectivity index (χ4v) is 2.83. The van der Waals surface area contributed by atoms with E-state index in [0.717, 1.165) is 30.4 Å². The maximum atomic E-state index is 10.6. The van der Waals surface area contributed by atoms with E-state index in [2.05, 4.69) is 15.9 Å². The van der Waals surface area contributed by atoms with E-state index < -0.39 is 11.0 Å². The van der Waals surface area contributed by atoms with Crippen molar-refractivity contribution < 1.29 is 10.0 Å². The van der Waals surface area contributed by atoms with Crippen LogP contribution in [0.1, 0.15) is 19.3 Å². The molecular weight excluding hydrogens is 250 g/mol. The molecule has 0 fully saturated rings. The zero-order valence-corrected chi connectivity index (χ0v) is 9.03. The summed E-state index contributed by atoms with van der Waals surface area (Å²) in [6, 6.07) is 0. The molecule has 14 heavy (non-hydrogen) atoms. The van der Waals surface area contributed by atoms with Crippen LogP contribution in [0.2, 0.25) is 0 Å². The number of halogens is 1. The third kappa shape index (κ3) is 1.40. The molecule has 2 unspecified atom stereocenters. The van der Waals surface area contributed by atoms with Gasteiger partial charge in [0.05, 0.1) is 9.75 Å². The number of aliphatic hydroxyl groups is 1. The van der Waals surface area contributed by atoms with Gasteiger partial charge in [-0.3, -0.25) is 10.1 Å². The van der Waals surface area contributed by atoms with Crippen molar-refractivity contribution in [1.29, 1.82) is 0 Å². The molecule has 0 amide bonds. The average molecular weight is 260 g/mol. The zero-order chi connectivity index (χ0) is 10.3. The predicted octanol–water partition coefficient (Wildman–Crippen LogP) is 1.77. The second-order valence-corrected chi connectivity index (χ2v) is 4.56. The summed E-state index contributed by atoms with van der Waals surface area (Å²) in [5, 5.41) is 20.3. The summed E-state index contributed by atoms with van der Waals surface area (Å²) in [7, 11) is 0. The lowest BCUT2D eigenvalue weighted by Gasteiger charge is -2.21. The van der Waals surface area contributed by atoms with E-state index in [1.807, 2.05) is 0 Å². The SMILES string of the molecule is O=[N+]([O-])C1=CC2=C(CCC2)C(Br)C1O. The Bertz CT molecular complexity index is 346. The smallest absolute Gasteiger partial charge is 0.276 e. The first-order valence-corrected chi connectivity index (χ1v) is 5.43. The second-order valence-electron chi connectivity index (χ2n) is 3.58. The minimum Gasteiger partial charge on any atom is -0.380 e. The summed E-state index contributed by atoms with van der Waals surface area (Å²) in [5.41, 5.74) is 2.07. The molecule has 2 atom stereocenters. The lowest BCUT2D eigenvalue weighted by atomic mass is 9.95. The van der Waals surface area contributed by atoms with Crippen LogP contribution in [0.25, 0.3) is 0 Å². The fourth-order valence-electron chi connectivity index (χ4n) is 2.04. The van der Waals surface area contributed by atoms with Crippen LogP contribution in [0.15, 0.2) is 22.9 Å². The van der Waals surface area contributed by atoms with Crippen LogP contribution in [-0.2, 0) is 0 Å². The van der Waals surface area contributed by atoms with Crippen LogP contribution in [0.5, 0.6) is 0 Å². The maximum Gasteiger partial charge on any atom is 0.276 e. The molecule has 0 aromatic heterocycles. The Morgan fingerprint density at radius 1 is 1.57 bits per heavy atom. The van der Waals surface area contributed by atoms with Gasteiger partial charge in [-0.05, 0) is 30.4 Å². The number of allylic oxidation sites excluding steroid dienone is 2. The summed E-state index contributed by atoms with van der Waals surface area (Å²) in [6.07, 6.45) is 3.37. The maximum absolute atomic E-state index is 10.6. The average Bonchev–Trinajstić information content (AvgIpc) is 2.58. The van der Waals surface area contributed by atoms with E-state index in [4.69, 9.17) is 0 Å². The van der Waals surface area contributed by atoms with Gasteiger partial charge >= 0.3 is 0 Å². The van der Waals surface area contributed by atoms with Crippen LogP contribution in [-0.4, -0.2) is 21.0 Å². The van der Waals surface area contributed by atoms with Gasteiger partial charge in [-0.2, -0.15) is 0 Å². The molecule has 0 saturated carbocycles. The van der Waals surface area contributed by atoms with Gasteiger partial charge in [0, 0.05) is 6.08 Å². The Hall–Kier alpha value is -0.680. The summed E-state index contributed by atoms with van der Waals surface area (Å²) < 4.78 is 0. The number of hydrogen-bond acceptors (Lipinski definition) is 3.